The lowest BCUT2D eigenvalue weighted by atomic mass is 10.0. The zero-order valence-corrected chi connectivity index (χ0v) is 26.7. The molecule has 1 fully saturated rings. The maximum Gasteiger partial charge on any atom is 0.263 e. The average molecular weight is 673 g/mol. The fraction of sp³-hybridized carbons (Fsp3) is 0.387. The molecule has 242 valence electrons. The van der Waals surface area contributed by atoms with E-state index in [1.165, 1.54) is 16.7 Å². The van der Waals surface area contributed by atoms with E-state index in [-0.39, 0.29) is 56.2 Å². The van der Waals surface area contributed by atoms with Crippen molar-refractivity contribution in [1.82, 2.24) is 24.0 Å². The number of carbonyl (C=O) groups is 2. The van der Waals surface area contributed by atoms with Gasteiger partial charge >= 0.3 is 0 Å². The molecule has 0 radical (unpaired) electrons. The monoisotopic (exact) mass is 671 g/mol. The molecule has 3 aromatic heterocycles. The summed E-state index contributed by atoms with van der Waals surface area (Å²) in [4.78, 5) is 51.8. The van der Waals surface area contributed by atoms with Gasteiger partial charge in [-0.25, -0.2) is 9.97 Å². The molecular weight excluding hydrogens is 640 g/mol. The summed E-state index contributed by atoms with van der Waals surface area (Å²) in [5, 5.41) is 12.7. The summed E-state index contributed by atoms with van der Waals surface area (Å²) in [6.45, 7) is 5.71. The number of aromatic nitrogens is 4. The lowest BCUT2D eigenvalue weighted by Crippen LogP contribution is -2.53. The number of fused-ring (bicyclic) bond motifs is 2. The quantitative estimate of drug-likeness (QED) is 0.200. The Balaban J connectivity index is 1.32. The maximum atomic E-state index is 15.0. The van der Waals surface area contributed by atoms with Crippen molar-refractivity contribution in [2.24, 2.45) is 0 Å². The summed E-state index contributed by atoms with van der Waals surface area (Å²) in [6, 6.07) is 4.44. The summed E-state index contributed by atoms with van der Waals surface area (Å²) >= 11 is 12.5. The second-order valence-corrected chi connectivity index (χ2v) is 12.3. The van der Waals surface area contributed by atoms with Crippen molar-refractivity contribution in [3.63, 3.8) is 0 Å². The second-order valence-electron chi connectivity index (χ2n) is 11.5. The summed E-state index contributed by atoms with van der Waals surface area (Å²) in [5.41, 5.74) is 0.783. The van der Waals surface area contributed by atoms with Gasteiger partial charge in [0, 0.05) is 70.1 Å². The van der Waals surface area contributed by atoms with Gasteiger partial charge in [0.2, 0.25) is 11.9 Å². The lowest BCUT2D eigenvalue weighted by molar-refractivity contribution is -0.116. The SMILES string of the molecule is COCCN1CCN(c2cc(NC(=O)Cn3cc(-c4cc(Cl)c(O)c(C=O)c4)c4c(=O)n5c(nc43)CCC5)c(Cl)c(F)n2)C(C)C1. The fourth-order valence-electron chi connectivity index (χ4n) is 6.20. The number of carbonyl (C=O) groups excluding carboxylic acids is 2. The Hall–Kier alpha value is -4.04. The molecule has 2 aliphatic rings. The number of aldehydes is 1. The largest absolute Gasteiger partial charge is 0.506 e. The first kappa shape index (κ1) is 31.9. The topological polar surface area (TPSA) is 135 Å². The summed E-state index contributed by atoms with van der Waals surface area (Å²) < 4.78 is 23.3. The van der Waals surface area contributed by atoms with Crippen molar-refractivity contribution < 1.29 is 23.8 Å². The van der Waals surface area contributed by atoms with Crippen molar-refractivity contribution in [1.29, 1.82) is 0 Å². The van der Waals surface area contributed by atoms with E-state index in [9.17, 15) is 23.9 Å². The Bertz CT molecular complexity index is 1910. The standard InChI is InChI=1S/C31H32Cl2FN7O5/c1-17-13-38(8-9-46-2)6-7-40(17)24-12-22(27(33)29(34)36-24)35-25(43)15-39-14-20(18-10-19(16-42)28(44)21(32)11-18)26-30(39)37-23-4-3-5-41(23)31(26)45/h10-12,14,16-17,44H,3-9,13,15H2,1-2H3,(H,35,36,43). The number of piperazine rings is 1. The van der Waals surface area contributed by atoms with E-state index < -0.39 is 11.9 Å². The van der Waals surface area contributed by atoms with E-state index in [0.717, 1.165) is 26.1 Å². The van der Waals surface area contributed by atoms with Gasteiger partial charge in [0.25, 0.3) is 5.56 Å². The number of phenols is 1. The Morgan fingerprint density at radius 1 is 1.22 bits per heavy atom. The Kier molecular flexibility index (Phi) is 9.01. The highest BCUT2D eigenvalue weighted by molar-refractivity contribution is 6.34. The van der Waals surface area contributed by atoms with Gasteiger partial charge in [-0.05, 0) is 31.0 Å². The van der Waals surface area contributed by atoms with Crippen LogP contribution in [0, 0.1) is 5.95 Å². The molecule has 0 spiro atoms. The maximum absolute atomic E-state index is 15.0. The highest BCUT2D eigenvalue weighted by Crippen LogP contribution is 2.36. The third-order valence-corrected chi connectivity index (χ3v) is 9.13. The van der Waals surface area contributed by atoms with Crippen LogP contribution in [0.3, 0.4) is 0 Å². The highest BCUT2D eigenvalue weighted by Gasteiger charge is 2.27. The van der Waals surface area contributed by atoms with Gasteiger partial charge < -0.3 is 24.6 Å². The van der Waals surface area contributed by atoms with Crippen LogP contribution in [0.1, 0.15) is 29.5 Å². The second kappa shape index (κ2) is 13.0. The number of ether oxygens (including phenoxy) is 1. The predicted octanol–water partition coefficient (Wildman–Crippen LogP) is 3.97. The van der Waals surface area contributed by atoms with Crippen LogP contribution in [0.2, 0.25) is 10.0 Å². The van der Waals surface area contributed by atoms with Gasteiger partial charge in [-0.2, -0.15) is 4.39 Å². The van der Waals surface area contributed by atoms with Gasteiger partial charge in [-0.1, -0.05) is 23.2 Å². The summed E-state index contributed by atoms with van der Waals surface area (Å²) in [6.07, 6.45) is 3.40. The van der Waals surface area contributed by atoms with Gasteiger partial charge in [0.15, 0.2) is 6.29 Å². The number of rotatable bonds is 9. The molecule has 1 aromatic carbocycles. The number of nitrogens with one attached hydrogen (secondary N) is 1. The molecule has 1 saturated heterocycles. The number of halogens is 3. The van der Waals surface area contributed by atoms with Gasteiger partial charge in [-0.15, -0.1) is 0 Å². The smallest absolute Gasteiger partial charge is 0.263 e. The number of benzene rings is 1. The molecule has 2 aliphatic heterocycles. The van der Waals surface area contributed by atoms with Crippen LogP contribution in [0.5, 0.6) is 5.75 Å². The van der Waals surface area contributed by atoms with Crippen LogP contribution < -0.4 is 15.8 Å². The third-order valence-electron chi connectivity index (χ3n) is 8.48. The van der Waals surface area contributed by atoms with Crippen molar-refractivity contribution >= 4 is 57.9 Å². The van der Waals surface area contributed by atoms with Crippen LogP contribution in [-0.4, -0.2) is 87.2 Å². The molecule has 12 nitrogen and oxygen atoms in total. The molecule has 15 heteroatoms. The highest BCUT2D eigenvalue weighted by atomic mass is 35.5. The number of pyridine rings is 1. The first-order valence-electron chi connectivity index (χ1n) is 14.8. The predicted molar refractivity (Wildman–Crippen MR) is 173 cm³/mol. The van der Waals surface area contributed by atoms with Crippen LogP contribution in [0.25, 0.3) is 22.2 Å². The average Bonchev–Trinajstić information content (AvgIpc) is 3.65. The first-order chi connectivity index (χ1) is 22.1. The lowest BCUT2D eigenvalue weighted by Gasteiger charge is -2.40. The molecule has 46 heavy (non-hydrogen) atoms. The third kappa shape index (κ3) is 5.95. The molecule has 2 N–H and O–H groups in total. The van der Waals surface area contributed by atoms with Crippen molar-refractivity contribution in [3.8, 4) is 16.9 Å². The zero-order chi connectivity index (χ0) is 32.7. The molecule has 0 bridgehead atoms. The molecule has 0 aliphatic carbocycles. The molecule has 1 unspecified atom stereocenters. The Morgan fingerprint density at radius 2 is 2.02 bits per heavy atom. The number of methoxy groups -OCH3 is 1. The normalized spacial score (nSPS) is 16.6. The van der Waals surface area contributed by atoms with Crippen molar-refractivity contribution in [3.05, 3.63) is 62.1 Å². The Labute approximate surface area is 273 Å². The van der Waals surface area contributed by atoms with Crippen LogP contribution in [0.15, 0.2) is 29.2 Å². The molecular formula is C31H32Cl2FN7O5. The molecule has 1 amide bonds. The van der Waals surface area contributed by atoms with Crippen molar-refractivity contribution in [2.75, 3.05) is 50.1 Å². The summed E-state index contributed by atoms with van der Waals surface area (Å²) in [7, 11) is 1.66. The molecule has 1 atom stereocenters. The number of phenolic OH excluding ortho intramolecular Hbond substituents is 1. The molecule has 6 rings (SSSR count). The van der Waals surface area contributed by atoms with E-state index in [2.05, 4.69) is 15.2 Å². The van der Waals surface area contributed by atoms with Gasteiger partial charge in [0.05, 0.1) is 28.3 Å². The number of anilines is 2. The zero-order valence-electron chi connectivity index (χ0n) is 25.2. The number of hydrogen-bond donors (Lipinski definition) is 2. The van der Waals surface area contributed by atoms with Gasteiger partial charge in [0.1, 0.15) is 34.6 Å². The number of aromatic hydroxyl groups is 1. The van der Waals surface area contributed by atoms with E-state index >= 15 is 0 Å². The van der Waals surface area contributed by atoms with Crippen LogP contribution >= 0.6 is 23.2 Å². The van der Waals surface area contributed by atoms with E-state index in [1.807, 2.05) is 11.8 Å². The minimum atomic E-state index is -0.905. The minimum absolute atomic E-state index is 0.0204. The number of amides is 1. The number of hydrogen-bond acceptors (Lipinski definition) is 9. The summed E-state index contributed by atoms with van der Waals surface area (Å²) in [5.74, 6) is -0.870. The minimum Gasteiger partial charge on any atom is -0.506 e. The molecule has 0 saturated carbocycles. The van der Waals surface area contributed by atoms with E-state index in [1.54, 1.807) is 23.9 Å². The number of nitrogens with zero attached hydrogens (tertiary/aromatic N) is 6. The van der Waals surface area contributed by atoms with Gasteiger partial charge in [-0.3, -0.25) is 23.9 Å². The van der Waals surface area contributed by atoms with Crippen LogP contribution in [0.4, 0.5) is 15.9 Å². The number of aryl methyl sites for hydroxylation is 1. The van der Waals surface area contributed by atoms with E-state index in [4.69, 9.17) is 32.9 Å². The molecule has 4 aromatic rings. The Morgan fingerprint density at radius 3 is 2.76 bits per heavy atom. The van der Waals surface area contributed by atoms with Crippen molar-refractivity contribution in [2.45, 2.75) is 38.9 Å². The van der Waals surface area contributed by atoms with E-state index in [0.29, 0.717) is 55.2 Å². The van der Waals surface area contributed by atoms with Crippen LogP contribution in [-0.2, 0) is 29.0 Å². The first-order valence-corrected chi connectivity index (χ1v) is 15.6. The fourth-order valence-corrected chi connectivity index (χ4v) is 6.57. The molecule has 5 heterocycles.